The summed E-state index contributed by atoms with van der Waals surface area (Å²) >= 11 is 0. The molecule has 0 radical (unpaired) electrons. The van der Waals surface area contributed by atoms with Crippen molar-refractivity contribution in [2.45, 2.75) is 0 Å². The summed E-state index contributed by atoms with van der Waals surface area (Å²) in [6.07, 6.45) is 0. The smallest absolute Gasteiger partial charge is 0.0804 e. The average molecular weight is 693 g/mol. The lowest BCUT2D eigenvalue weighted by molar-refractivity contribution is 1.17. The van der Waals surface area contributed by atoms with E-state index in [9.17, 15) is 0 Å². The van der Waals surface area contributed by atoms with Crippen LogP contribution in [-0.4, -0.2) is 9.13 Å². The van der Waals surface area contributed by atoms with Crippen LogP contribution in [0.2, 0.25) is 0 Å². The van der Waals surface area contributed by atoms with Crippen LogP contribution in [0.3, 0.4) is 0 Å². The van der Waals surface area contributed by atoms with Crippen LogP contribution in [0, 0.1) is 0 Å². The first kappa shape index (κ1) is 31.4. The highest BCUT2D eigenvalue weighted by atomic mass is 15.2. The molecule has 4 nitrogen and oxygen atoms in total. The van der Waals surface area contributed by atoms with Gasteiger partial charge in [-0.3, -0.25) is 0 Å². The summed E-state index contributed by atoms with van der Waals surface area (Å²) < 4.78 is 4.90. The molecule has 256 valence electrons. The zero-order valence-electron chi connectivity index (χ0n) is 29.6. The highest BCUT2D eigenvalue weighted by Gasteiger charge is 2.25. The number of hydrogen-bond donors (Lipinski definition) is 0. The topological polar surface area (TPSA) is 16.3 Å². The first-order valence-corrected chi connectivity index (χ1v) is 18.4. The van der Waals surface area contributed by atoms with E-state index in [0.717, 1.165) is 56.5 Å². The summed E-state index contributed by atoms with van der Waals surface area (Å²) in [4.78, 5) is 4.69. The molecular weight excluding hydrogens is 657 g/mol. The number of rotatable bonds is 8. The van der Waals surface area contributed by atoms with Crippen LogP contribution >= 0.6 is 0 Å². The quantitative estimate of drug-likeness (QED) is 0.158. The molecular formula is C50H36N4. The van der Waals surface area contributed by atoms with E-state index in [2.05, 4.69) is 237 Å². The maximum Gasteiger partial charge on any atom is 0.0804 e. The minimum absolute atomic E-state index is 1.09. The van der Waals surface area contributed by atoms with E-state index in [-0.39, 0.29) is 0 Å². The van der Waals surface area contributed by atoms with Crippen LogP contribution in [0.15, 0.2) is 218 Å². The summed E-state index contributed by atoms with van der Waals surface area (Å²) in [7, 11) is 0. The van der Waals surface area contributed by atoms with E-state index in [1.807, 2.05) is 0 Å². The Kier molecular flexibility index (Phi) is 7.77. The number of fused-ring (bicyclic) bond motifs is 5. The zero-order chi connectivity index (χ0) is 35.8. The Morgan fingerprint density at radius 3 is 0.833 bits per heavy atom. The van der Waals surface area contributed by atoms with Crippen LogP contribution in [0.1, 0.15) is 0 Å². The first-order chi connectivity index (χ1) is 26.8. The van der Waals surface area contributed by atoms with Crippen molar-refractivity contribution in [1.29, 1.82) is 0 Å². The lowest BCUT2D eigenvalue weighted by Crippen LogP contribution is -2.09. The molecule has 0 spiro atoms. The van der Waals surface area contributed by atoms with Gasteiger partial charge in [-0.15, -0.1) is 0 Å². The molecule has 0 amide bonds. The highest BCUT2D eigenvalue weighted by Crippen LogP contribution is 2.45. The van der Waals surface area contributed by atoms with Crippen molar-refractivity contribution in [3.63, 3.8) is 0 Å². The van der Waals surface area contributed by atoms with Gasteiger partial charge in [0.1, 0.15) is 0 Å². The average Bonchev–Trinajstić information content (AvgIpc) is 3.75. The normalized spacial score (nSPS) is 11.3. The molecule has 0 aliphatic carbocycles. The zero-order valence-corrected chi connectivity index (χ0v) is 29.6. The molecule has 0 atom stereocenters. The second-order valence-electron chi connectivity index (χ2n) is 13.5. The Labute approximate surface area is 314 Å². The number of para-hydroxylation sites is 6. The van der Waals surface area contributed by atoms with Crippen LogP contribution < -0.4 is 9.80 Å². The third kappa shape index (κ3) is 5.32. The fourth-order valence-corrected chi connectivity index (χ4v) is 7.94. The van der Waals surface area contributed by atoms with Gasteiger partial charge in [0.15, 0.2) is 0 Å². The molecule has 4 heteroatoms. The minimum atomic E-state index is 1.09. The molecule has 0 saturated carbocycles. The van der Waals surface area contributed by atoms with Gasteiger partial charge in [0, 0.05) is 56.3 Å². The number of hydrogen-bond acceptors (Lipinski definition) is 2. The maximum absolute atomic E-state index is 2.45. The predicted octanol–water partition coefficient (Wildman–Crippen LogP) is 13.7. The molecule has 0 aliphatic rings. The SMILES string of the molecule is c1ccc(N(c2ccccc2)c2ccc3c(c2)c2c(c4cc(N(c5ccccc5)c5ccccc5)ccc4n2-c2ccccc2)n3-c2ccccc2)cc1. The van der Waals surface area contributed by atoms with Crippen molar-refractivity contribution in [2.24, 2.45) is 0 Å². The van der Waals surface area contributed by atoms with Crippen molar-refractivity contribution in [3.8, 4) is 11.4 Å². The molecule has 0 N–H and O–H groups in total. The van der Waals surface area contributed by atoms with Crippen molar-refractivity contribution in [2.75, 3.05) is 9.80 Å². The van der Waals surface area contributed by atoms with Gasteiger partial charge in [0.2, 0.25) is 0 Å². The molecule has 2 heterocycles. The molecule has 8 aromatic carbocycles. The lowest BCUT2D eigenvalue weighted by Gasteiger charge is -2.26. The number of aromatic nitrogens is 2. The minimum Gasteiger partial charge on any atom is -0.310 e. The highest BCUT2D eigenvalue weighted by molar-refractivity contribution is 6.21. The van der Waals surface area contributed by atoms with E-state index in [4.69, 9.17) is 0 Å². The Hall–Kier alpha value is -7.30. The summed E-state index contributed by atoms with van der Waals surface area (Å²) in [6.45, 7) is 0. The van der Waals surface area contributed by atoms with Gasteiger partial charge in [-0.2, -0.15) is 0 Å². The Morgan fingerprint density at radius 1 is 0.259 bits per heavy atom. The van der Waals surface area contributed by atoms with E-state index < -0.39 is 0 Å². The molecule has 10 rings (SSSR count). The summed E-state index contributed by atoms with van der Waals surface area (Å²) in [5.41, 5.74) is 13.5. The number of benzene rings is 8. The fourth-order valence-electron chi connectivity index (χ4n) is 7.94. The van der Waals surface area contributed by atoms with Gasteiger partial charge >= 0.3 is 0 Å². The molecule has 54 heavy (non-hydrogen) atoms. The van der Waals surface area contributed by atoms with Crippen molar-refractivity contribution in [3.05, 3.63) is 218 Å². The van der Waals surface area contributed by atoms with E-state index in [0.29, 0.717) is 0 Å². The van der Waals surface area contributed by atoms with E-state index in [1.54, 1.807) is 0 Å². The molecule has 0 fully saturated rings. The summed E-state index contributed by atoms with van der Waals surface area (Å²) in [5, 5.41) is 2.35. The predicted molar refractivity (Wildman–Crippen MR) is 227 cm³/mol. The van der Waals surface area contributed by atoms with Crippen LogP contribution in [0.5, 0.6) is 0 Å². The van der Waals surface area contributed by atoms with Gasteiger partial charge in [0.05, 0.1) is 22.1 Å². The largest absolute Gasteiger partial charge is 0.310 e. The molecule has 2 aromatic heterocycles. The summed E-state index contributed by atoms with van der Waals surface area (Å²) in [6, 6.07) is 77.9. The molecule has 0 bridgehead atoms. The third-order valence-corrected chi connectivity index (χ3v) is 10.2. The Morgan fingerprint density at radius 2 is 0.537 bits per heavy atom. The standard InChI is InChI=1S/C50H36N4/c1-7-19-37(20-8-1)51(38-21-9-2-10-22-38)43-31-33-47-45(35-43)49-50(53(47)41-27-15-5-16-28-41)46-36-44(32-34-48(46)54(49)42-29-17-6-18-30-42)52(39-23-11-3-12-24-39)40-25-13-4-14-26-40/h1-36H. The van der Waals surface area contributed by atoms with Gasteiger partial charge < -0.3 is 18.9 Å². The lowest BCUT2D eigenvalue weighted by atomic mass is 10.1. The van der Waals surface area contributed by atoms with Crippen molar-refractivity contribution >= 4 is 67.0 Å². The molecule has 0 saturated heterocycles. The number of anilines is 6. The fraction of sp³-hybridized carbons (Fsp3) is 0. The van der Waals surface area contributed by atoms with Crippen molar-refractivity contribution in [1.82, 2.24) is 9.13 Å². The van der Waals surface area contributed by atoms with E-state index >= 15 is 0 Å². The van der Waals surface area contributed by atoms with E-state index in [1.165, 1.54) is 21.8 Å². The second-order valence-corrected chi connectivity index (χ2v) is 13.5. The van der Waals surface area contributed by atoms with Crippen LogP contribution in [0.25, 0.3) is 44.2 Å². The van der Waals surface area contributed by atoms with Crippen LogP contribution in [0.4, 0.5) is 34.1 Å². The molecule has 10 aromatic rings. The van der Waals surface area contributed by atoms with Gasteiger partial charge in [-0.1, -0.05) is 109 Å². The maximum atomic E-state index is 2.45. The van der Waals surface area contributed by atoms with Gasteiger partial charge in [-0.25, -0.2) is 0 Å². The van der Waals surface area contributed by atoms with Gasteiger partial charge in [0.25, 0.3) is 0 Å². The van der Waals surface area contributed by atoms with Crippen molar-refractivity contribution < 1.29 is 0 Å². The summed E-state index contributed by atoms with van der Waals surface area (Å²) in [5.74, 6) is 0. The second kappa shape index (κ2) is 13.4. The third-order valence-electron chi connectivity index (χ3n) is 10.2. The first-order valence-electron chi connectivity index (χ1n) is 18.4. The number of nitrogens with zero attached hydrogens (tertiary/aromatic N) is 4. The Balaban J connectivity index is 1.32. The molecule has 0 unspecified atom stereocenters. The monoisotopic (exact) mass is 692 g/mol. The van der Waals surface area contributed by atoms with Gasteiger partial charge in [-0.05, 0) is 109 Å². The molecule has 0 aliphatic heterocycles. The van der Waals surface area contributed by atoms with Crippen LogP contribution in [-0.2, 0) is 0 Å². The Bertz CT molecular complexity index is 2570.